The van der Waals surface area contributed by atoms with Crippen LogP contribution in [-0.2, 0) is 30.4 Å². The van der Waals surface area contributed by atoms with Gasteiger partial charge in [-0.2, -0.15) is 0 Å². The van der Waals surface area contributed by atoms with Crippen molar-refractivity contribution in [2.75, 3.05) is 23.7 Å². The van der Waals surface area contributed by atoms with Crippen molar-refractivity contribution in [3.05, 3.63) is 76.9 Å². The number of ether oxygens (including phenoxy) is 2. The van der Waals surface area contributed by atoms with E-state index in [2.05, 4.69) is 23.1 Å². The molecule has 2 aromatic carbocycles. The number of nitrogens with zero attached hydrogens (tertiary/aromatic N) is 3. The molecule has 0 saturated carbocycles. The first-order valence-electron chi connectivity index (χ1n) is 17.1. The Morgan fingerprint density at radius 2 is 1.54 bits per heavy atom. The van der Waals surface area contributed by atoms with Gasteiger partial charge in [0.05, 0.1) is 21.0 Å². The molecule has 11 heteroatoms. The number of rotatable bonds is 9. The topological polar surface area (TPSA) is 118 Å². The van der Waals surface area contributed by atoms with E-state index in [0.29, 0.717) is 21.8 Å². The number of carboxylic acid groups (broad SMARTS) is 1. The first kappa shape index (κ1) is 39.0. The summed E-state index contributed by atoms with van der Waals surface area (Å²) in [6.07, 6.45) is -0.0552. The summed E-state index contributed by atoms with van der Waals surface area (Å²) in [6, 6.07) is 12.9. The molecule has 0 bridgehead atoms. The Labute approximate surface area is 296 Å². The largest absolute Gasteiger partial charge is 0.479 e. The minimum absolute atomic E-state index is 0.00569. The highest BCUT2D eigenvalue weighted by atomic mass is 32.2. The van der Waals surface area contributed by atoms with Crippen molar-refractivity contribution in [2.45, 2.75) is 111 Å². The average Bonchev–Trinajstić information content (AvgIpc) is 2.98. The van der Waals surface area contributed by atoms with Gasteiger partial charge in [-0.1, -0.05) is 38.1 Å². The Bertz CT molecular complexity index is 1820. The van der Waals surface area contributed by atoms with E-state index in [-0.39, 0.29) is 23.4 Å². The Morgan fingerprint density at radius 3 is 2.06 bits per heavy atom. The number of hydrogen-bond acceptors (Lipinski definition) is 7. The molecule has 1 unspecified atom stereocenters. The smallest absolute Gasteiger partial charge is 0.442 e. The van der Waals surface area contributed by atoms with Crippen molar-refractivity contribution in [1.29, 1.82) is 0 Å². The molecular weight excluding hydrogens is 658 g/mol. The van der Waals surface area contributed by atoms with Crippen LogP contribution in [0.5, 0.6) is 0 Å². The third-order valence-corrected chi connectivity index (χ3v) is 10.9. The molecule has 1 amide bonds. The highest BCUT2D eigenvalue weighted by Crippen LogP contribution is 2.45. The average molecular weight is 710 g/mol. The van der Waals surface area contributed by atoms with Gasteiger partial charge >= 0.3 is 12.1 Å². The van der Waals surface area contributed by atoms with E-state index in [1.54, 1.807) is 45.0 Å². The Kier molecular flexibility index (Phi) is 11.5. The van der Waals surface area contributed by atoms with Crippen LogP contribution in [0, 0.1) is 25.1 Å². The number of halogens is 1. The minimum atomic E-state index is -3.33. The summed E-state index contributed by atoms with van der Waals surface area (Å²) in [7, 11) is -3.33. The van der Waals surface area contributed by atoms with Gasteiger partial charge in [0.15, 0.2) is 6.10 Å². The van der Waals surface area contributed by atoms with E-state index in [1.165, 1.54) is 12.1 Å². The third-order valence-electron chi connectivity index (χ3n) is 8.68. The molecule has 4 rings (SSSR count). The number of pyridine rings is 1. The van der Waals surface area contributed by atoms with Gasteiger partial charge in [0.1, 0.15) is 11.4 Å². The standard InChI is InChI=1S/C39H52FN3O6S/c1-25-31(33(43-22-20-39(9,10)21-23-43)32(26(2)41-25)34(35(44)45)48-37(3,4)5)28-13-17-30(18-14-28)50(47,42-36(46)49-38(6,7)8)24-19-27-11-15-29(40)16-12-27/h11-18,34H,19-24H2,1-10H3,(H,44,45)/t34-,50?/m0/s1. The lowest BCUT2D eigenvalue weighted by molar-refractivity contribution is -0.160. The lowest BCUT2D eigenvalue weighted by Crippen LogP contribution is -2.39. The summed E-state index contributed by atoms with van der Waals surface area (Å²) in [4.78, 5) is 33.2. The molecule has 50 heavy (non-hydrogen) atoms. The number of aromatic nitrogens is 1. The van der Waals surface area contributed by atoms with Crippen LogP contribution in [0.25, 0.3) is 11.1 Å². The Balaban J connectivity index is 1.87. The minimum Gasteiger partial charge on any atom is -0.479 e. The van der Waals surface area contributed by atoms with Crippen LogP contribution in [0.4, 0.5) is 14.9 Å². The maximum Gasteiger partial charge on any atom is 0.442 e. The molecule has 1 saturated heterocycles. The fourth-order valence-corrected chi connectivity index (χ4v) is 7.90. The molecule has 3 aromatic rings. The zero-order valence-electron chi connectivity index (χ0n) is 31.1. The molecular formula is C39H52FN3O6S. The monoisotopic (exact) mass is 709 g/mol. The molecule has 1 N–H and O–H groups in total. The van der Waals surface area contributed by atoms with E-state index in [1.807, 2.05) is 46.8 Å². The number of carboxylic acids is 1. The van der Waals surface area contributed by atoms with Crippen molar-refractivity contribution >= 4 is 27.5 Å². The van der Waals surface area contributed by atoms with E-state index < -0.39 is 39.1 Å². The second-order valence-electron chi connectivity index (χ2n) is 15.8. The number of carbonyl (C=O) groups is 2. The fourth-order valence-electron chi connectivity index (χ4n) is 6.11. The molecule has 1 aromatic heterocycles. The van der Waals surface area contributed by atoms with Crippen LogP contribution in [0.2, 0.25) is 0 Å². The van der Waals surface area contributed by atoms with Crippen LogP contribution in [0.3, 0.4) is 0 Å². The van der Waals surface area contributed by atoms with E-state index in [0.717, 1.165) is 48.3 Å². The fraction of sp³-hybridized carbons (Fsp3) is 0.513. The lowest BCUT2D eigenvalue weighted by atomic mass is 9.82. The summed E-state index contributed by atoms with van der Waals surface area (Å²) >= 11 is 0. The number of aryl methyl sites for hydroxylation is 3. The molecule has 9 nitrogen and oxygen atoms in total. The number of piperidine rings is 1. The SMILES string of the molecule is Cc1nc(C)c([C@H](OC(C)(C)C)C(=O)O)c(N2CCC(C)(C)CC2)c1-c1ccc(S(=O)(CCc2ccc(F)cc2)=NC(=O)OC(C)(C)C)cc1. The molecule has 1 aliphatic rings. The maximum absolute atomic E-state index is 14.6. The maximum atomic E-state index is 14.6. The van der Waals surface area contributed by atoms with Crippen molar-refractivity contribution in [2.24, 2.45) is 9.78 Å². The number of amides is 1. The number of anilines is 1. The van der Waals surface area contributed by atoms with E-state index in [9.17, 15) is 23.3 Å². The number of benzene rings is 2. The summed E-state index contributed by atoms with van der Waals surface area (Å²) in [5, 5.41) is 10.5. The first-order chi connectivity index (χ1) is 23.1. The van der Waals surface area contributed by atoms with Gasteiger partial charge in [-0.25, -0.2) is 18.2 Å². The van der Waals surface area contributed by atoms with Crippen LogP contribution in [-0.4, -0.2) is 56.4 Å². The van der Waals surface area contributed by atoms with Crippen molar-refractivity contribution in [1.82, 2.24) is 4.98 Å². The first-order valence-corrected chi connectivity index (χ1v) is 18.8. The number of carbonyl (C=O) groups excluding carboxylic acids is 1. The summed E-state index contributed by atoms with van der Waals surface area (Å²) in [6.45, 7) is 20.3. The van der Waals surface area contributed by atoms with Gasteiger partial charge in [0, 0.05) is 46.3 Å². The van der Waals surface area contributed by atoms with Gasteiger partial charge in [0.2, 0.25) is 0 Å². The summed E-state index contributed by atoms with van der Waals surface area (Å²) in [5.41, 5.74) is 3.42. The molecule has 2 heterocycles. The zero-order chi connectivity index (χ0) is 37.2. The van der Waals surface area contributed by atoms with Crippen molar-refractivity contribution in [3.8, 4) is 11.1 Å². The highest BCUT2D eigenvalue weighted by Gasteiger charge is 2.36. The second-order valence-corrected chi connectivity index (χ2v) is 18.2. The highest BCUT2D eigenvalue weighted by molar-refractivity contribution is 7.94. The molecule has 272 valence electrons. The molecule has 0 aliphatic carbocycles. The normalized spacial score (nSPS) is 16.7. The number of aliphatic carboxylic acids is 1. The molecule has 0 spiro atoms. The van der Waals surface area contributed by atoms with Gasteiger partial charge < -0.3 is 19.5 Å². The van der Waals surface area contributed by atoms with Crippen molar-refractivity contribution in [3.63, 3.8) is 0 Å². The van der Waals surface area contributed by atoms with Gasteiger partial charge in [-0.05, 0) is 115 Å². The quantitative estimate of drug-likeness (QED) is 0.234. The Morgan fingerprint density at radius 1 is 0.960 bits per heavy atom. The van der Waals surface area contributed by atoms with Gasteiger partial charge in [-0.3, -0.25) is 4.98 Å². The Hall–Kier alpha value is -3.83. The van der Waals surface area contributed by atoms with Crippen molar-refractivity contribution < 1.29 is 32.8 Å². The van der Waals surface area contributed by atoms with Gasteiger partial charge in [-0.15, -0.1) is 4.36 Å². The van der Waals surface area contributed by atoms with E-state index >= 15 is 0 Å². The summed E-state index contributed by atoms with van der Waals surface area (Å²) < 4.78 is 43.9. The zero-order valence-corrected chi connectivity index (χ0v) is 31.9. The lowest BCUT2D eigenvalue weighted by Gasteiger charge is -2.41. The van der Waals surface area contributed by atoms with Crippen LogP contribution in [0.15, 0.2) is 57.8 Å². The van der Waals surface area contributed by atoms with Gasteiger partial charge in [0.25, 0.3) is 0 Å². The summed E-state index contributed by atoms with van der Waals surface area (Å²) in [5.74, 6) is -1.47. The number of hydrogen-bond donors (Lipinski definition) is 1. The molecule has 0 radical (unpaired) electrons. The third kappa shape index (κ3) is 9.90. The van der Waals surface area contributed by atoms with Crippen LogP contribution < -0.4 is 4.90 Å². The predicted molar refractivity (Wildman–Crippen MR) is 196 cm³/mol. The van der Waals surface area contributed by atoms with E-state index in [4.69, 9.17) is 14.5 Å². The molecule has 1 aliphatic heterocycles. The molecule has 2 atom stereocenters. The van der Waals surface area contributed by atoms with Crippen LogP contribution in [0.1, 0.15) is 96.9 Å². The second kappa shape index (κ2) is 14.8. The predicted octanol–water partition coefficient (Wildman–Crippen LogP) is 9.08. The van der Waals surface area contributed by atoms with Crippen LogP contribution >= 0.6 is 0 Å². The molecule has 1 fully saturated rings.